The normalized spacial score (nSPS) is 10.0. The molecule has 0 radical (unpaired) electrons. The first-order chi connectivity index (χ1) is 13.2. The van der Waals surface area contributed by atoms with Gasteiger partial charge < -0.3 is 24.8 Å². The number of ether oxygens (including phenoxy) is 3. The number of hydrogen-bond acceptors (Lipinski definition) is 4. The van der Waals surface area contributed by atoms with Crippen molar-refractivity contribution in [2.45, 2.75) is 0 Å². The molecule has 0 atom stereocenters. The minimum Gasteiger partial charge on any atom is -0.493 e. The van der Waals surface area contributed by atoms with Crippen LogP contribution in [0.25, 0.3) is 0 Å². The first kappa shape index (κ1) is 18.5. The first-order valence-electron chi connectivity index (χ1n) is 8.31. The molecule has 5 nitrogen and oxygen atoms in total. The van der Waals surface area contributed by atoms with Gasteiger partial charge in [-0.1, -0.05) is 30.3 Å². The number of benzene rings is 3. The fourth-order valence-corrected chi connectivity index (χ4v) is 2.70. The molecule has 0 aliphatic carbocycles. The second kappa shape index (κ2) is 8.91. The van der Waals surface area contributed by atoms with Crippen LogP contribution in [0.4, 0.5) is 11.4 Å². The van der Waals surface area contributed by atoms with E-state index < -0.39 is 0 Å². The Kier molecular flexibility index (Phi) is 6.12. The van der Waals surface area contributed by atoms with Crippen LogP contribution < -0.4 is 24.8 Å². The van der Waals surface area contributed by atoms with Crippen molar-refractivity contribution in [2.75, 3.05) is 24.9 Å². The molecule has 0 bridgehead atoms. The molecule has 0 aromatic heterocycles. The zero-order chi connectivity index (χ0) is 19.1. The lowest BCUT2D eigenvalue weighted by atomic mass is 10.2. The fraction of sp³-hybridized carbons (Fsp3) is 0.0952. The zero-order valence-corrected chi connectivity index (χ0v) is 15.9. The Labute approximate surface area is 163 Å². The molecule has 27 heavy (non-hydrogen) atoms. The molecule has 0 unspecified atom stereocenters. The van der Waals surface area contributed by atoms with Gasteiger partial charge in [-0.05, 0) is 48.6 Å². The number of rotatable bonds is 6. The highest BCUT2D eigenvalue weighted by Gasteiger charge is 2.08. The van der Waals surface area contributed by atoms with E-state index in [0.29, 0.717) is 22.4 Å². The molecule has 0 fully saturated rings. The summed E-state index contributed by atoms with van der Waals surface area (Å²) < 4.78 is 16.5. The molecule has 0 saturated carbocycles. The molecule has 0 aliphatic heterocycles. The molecule has 138 valence electrons. The molecule has 3 aromatic rings. The van der Waals surface area contributed by atoms with Crippen molar-refractivity contribution in [3.63, 3.8) is 0 Å². The zero-order valence-electron chi connectivity index (χ0n) is 15.1. The Balaban J connectivity index is 1.71. The second-order valence-corrected chi connectivity index (χ2v) is 5.97. The summed E-state index contributed by atoms with van der Waals surface area (Å²) in [7, 11) is 3.19. The number of thiocarbonyl (C=S) groups is 1. The van der Waals surface area contributed by atoms with Gasteiger partial charge in [0.15, 0.2) is 22.4 Å². The molecule has 3 aromatic carbocycles. The monoisotopic (exact) mass is 380 g/mol. The predicted molar refractivity (Wildman–Crippen MR) is 112 cm³/mol. The van der Waals surface area contributed by atoms with Gasteiger partial charge in [-0.25, -0.2) is 0 Å². The summed E-state index contributed by atoms with van der Waals surface area (Å²) in [6, 6.07) is 22.7. The highest BCUT2D eigenvalue weighted by atomic mass is 32.1. The van der Waals surface area contributed by atoms with E-state index in [2.05, 4.69) is 10.6 Å². The van der Waals surface area contributed by atoms with E-state index >= 15 is 0 Å². The van der Waals surface area contributed by atoms with Crippen molar-refractivity contribution in [1.29, 1.82) is 0 Å². The van der Waals surface area contributed by atoms with Crippen LogP contribution in [-0.2, 0) is 0 Å². The third kappa shape index (κ3) is 4.89. The summed E-state index contributed by atoms with van der Waals surface area (Å²) in [5.41, 5.74) is 1.55. The summed E-state index contributed by atoms with van der Waals surface area (Å²) in [6.45, 7) is 0. The number of nitrogens with one attached hydrogen (secondary N) is 2. The Bertz CT molecular complexity index is 916. The lowest BCUT2D eigenvalue weighted by molar-refractivity contribution is 0.355. The molecule has 0 saturated heterocycles. The fourth-order valence-electron chi connectivity index (χ4n) is 2.47. The summed E-state index contributed by atoms with van der Waals surface area (Å²) in [5, 5.41) is 6.74. The van der Waals surface area contributed by atoms with E-state index in [1.165, 1.54) is 0 Å². The van der Waals surface area contributed by atoms with Crippen molar-refractivity contribution in [2.24, 2.45) is 0 Å². The molecule has 0 aliphatic rings. The lowest BCUT2D eigenvalue weighted by Crippen LogP contribution is -2.19. The van der Waals surface area contributed by atoms with Crippen molar-refractivity contribution >= 4 is 28.7 Å². The Morgan fingerprint density at radius 2 is 1.44 bits per heavy atom. The number of hydrogen-bond donors (Lipinski definition) is 2. The van der Waals surface area contributed by atoms with Crippen LogP contribution in [0.2, 0.25) is 0 Å². The molecule has 3 rings (SSSR count). The maximum Gasteiger partial charge on any atom is 0.175 e. The third-order valence-corrected chi connectivity index (χ3v) is 3.95. The Morgan fingerprint density at radius 1 is 0.741 bits per heavy atom. The van der Waals surface area contributed by atoms with Gasteiger partial charge in [0.25, 0.3) is 0 Å². The quantitative estimate of drug-likeness (QED) is 0.566. The first-order valence-corrected chi connectivity index (χ1v) is 8.72. The van der Waals surface area contributed by atoms with Gasteiger partial charge in [0.2, 0.25) is 0 Å². The largest absolute Gasteiger partial charge is 0.493 e. The maximum absolute atomic E-state index is 5.94. The van der Waals surface area contributed by atoms with Crippen molar-refractivity contribution < 1.29 is 14.2 Å². The van der Waals surface area contributed by atoms with E-state index in [0.717, 1.165) is 17.1 Å². The van der Waals surface area contributed by atoms with Crippen LogP contribution in [0.5, 0.6) is 23.0 Å². The molecular weight excluding hydrogens is 360 g/mol. The van der Waals surface area contributed by atoms with Crippen LogP contribution in [0.15, 0.2) is 72.8 Å². The van der Waals surface area contributed by atoms with E-state index in [-0.39, 0.29) is 0 Å². The van der Waals surface area contributed by atoms with Crippen LogP contribution in [0, 0.1) is 0 Å². The molecule has 0 heterocycles. The summed E-state index contributed by atoms with van der Waals surface area (Å²) in [4.78, 5) is 0. The van der Waals surface area contributed by atoms with Crippen molar-refractivity contribution in [1.82, 2.24) is 0 Å². The molecular formula is C21H20N2O3S. The van der Waals surface area contributed by atoms with Gasteiger partial charge in [-0.2, -0.15) is 0 Å². The van der Waals surface area contributed by atoms with Crippen LogP contribution >= 0.6 is 12.2 Å². The van der Waals surface area contributed by atoms with E-state index in [1.807, 2.05) is 72.8 Å². The van der Waals surface area contributed by atoms with Gasteiger partial charge in [-0.15, -0.1) is 0 Å². The average molecular weight is 380 g/mol. The predicted octanol–water partition coefficient (Wildman–Crippen LogP) is 5.31. The summed E-state index contributed by atoms with van der Waals surface area (Å²) in [5.74, 6) is 2.72. The van der Waals surface area contributed by atoms with Crippen molar-refractivity contribution in [3.05, 3.63) is 72.8 Å². The Morgan fingerprint density at radius 3 is 2.19 bits per heavy atom. The van der Waals surface area contributed by atoms with E-state index in [4.69, 9.17) is 26.4 Å². The summed E-state index contributed by atoms with van der Waals surface area (Å²) in [6.07, 6.45) is 0. The highest BCUT2D eigenvalue weighted by Crippen LogP contribution is 2.31. The van der Waals surface area contributed by atoms with Crippen LogP contribution in [-0.4, -0.2) is 19.3 Å². The second-order valence-electron chi connectivity index (χ2n) is 5.56. The van der Waals surface area contributed by atoms with E-state index in [9.17, 15) is 0 Å². The van der Waals surface area contributed by atoms with Gasteiger partial charge in [0.1, 0.15) is 5.75 Å². The van der Waals surface area contributed by atoms with Gasteiger partial charge in [-0.3, -0.25) is 0 Å². The minimum atomic E-state index is 0.436. The smallest absolute Gasteiger partial charge is 0.175 e. The van der Waals surface area contributed by atoms with Crippen LogP contribution in [0.1, 0.15) is 0 Å². The van der Waals surface area contributed by atoms with Crippen molar-refractivity contribution in [3.8, 4) is 23.0 Å². The number of anilines is 2. The minimum absolute atomic E-state index is 0.436. The van der Waals surface area contributed by atoms with Gasteiger partial charge >= 0.3 is 0 Å². The highest BCUT2D eigenvalue weighted by molar-refractivity contribution is 7.80. The number of methoxy groups -OCH3 is 2. The van der Waals surface area contributed by atoms with E-state index in [1.54, 1.807) is 14.2 Å². The molecule has 6 heteroatoms. The maximum atomic E-state index is 5.94. The standard InChI is InChI=1S/C21H20N2O3S/c1-24-19-13-12-15(14-20(19)25-2)22-21(27)23-17-10-6-7-11-18(17)26-16-8-4-3-5-9-16/h3-14H,1-2H3,(H2,22,23,27). The van der Waals surface area contributed by atoms with Crippen LogP contribution in [0.3, 0.4) is 0 Å². The third-order valence-electron chi connectivity index (χ3n) is 3.75. The average Bonchev–Trinajstić information content (AvgIpc) is 2.70. The Hall–Kier alpha value is -3.25. The number of para-hydroxylation sites is 3. The molecule has 2 N–H and O–H groups in total. The topological polar surface area (TPSA) is 51.8 Å². The summed E-state index contributed by atoms with van der Waals surface area (Å²) >= 11 is 5.43. The SMILES string of the molecule is COc1ccc(NC(=S)Nc2ccccc2Oc2ccccc2)cc1OC. The lowest BCUT2D eigenvalue weighted by Gasteiger charge is -2.15. The molecule has 0 amide bonds. The van der Waals surface area contributed by atoms with Gasteiger partial charge in [0.05, 0.1) is 19.9 Å². The van der Waals surface area contributed by atoms with Gasteiger partial charge in [0, 0.05) is 11.8 Å². The molecule has 0 spiro atoms.